The number of likely N-dealkylation sites (N-methyl/N-ethyl adjacent to an activating group) is 1. The molecule has 0 amide bonds. The Balaban J connectivity index is 2.62. The van der Waals surface area contributed by atoms with Crippen molar-refractivity contribution < 1.29 is 9.47 Å². The predicted molar refractivity (Wildman–Crippen MR) is 69.9 cm³/mol. The molecule has 0 saturated heterocycles. The molecule has 1 atom stereocenters. The van der Waals surface area contributed by atoms with Crippen molar-refractivity contribution in [1.82, 2.24) is 4.90 Å². The van der Waals surface area contributed by atoms with E-state index in [9.17, 15) is 0 Å². The van der Waals surface area contributed by atoms with E-state index >= 15 is 0 Å². The Labute approximate surface area is 105 Å². The van der Waals surface area contributed by atoms with Crippen LogP contribution in [0, 0.1) is 5.92 Å². The Hall–Kier alpha value is -0.160. The lowest BCUT2D eigenvalue weighted by Gasteiger charge is -2.43. The third kappa shape index (κ3) is 3.41. The number of ether oxygens (including phenoxy) is 2. The summed E-state index contributed by atoms with van der Waals surface area (Å²) in [6.45, 7) is 3.72. The van der Waals surface area contributed by atoms with Gasteiger partial charge in [-0.05, 0) is 32.7 Å². The zero-order chi connectivity index (χ0) is 12.9. The van der Waals surface area contributed by atoms with E-state index in [0.29, 0.717) is 6.54 Å². The van der Waals surface area contributed by atoms with Crippen LogP contribution < -0.4 is 5.73 Å². The zero-order valence-electron chi connectivity index (χ0n) is 11.7. The van der Waals surface area contributed by atoms with Gasteiger partial charge in [0.15, 0.2) is 6.29 Å². The van der Waals surface area contributed by atoms with Gasteiger partial charge in [0.1, 0.15) is 0 Å². The smallest absolute Gasteiger partial charge is 0.176 e. The summed E-state index contributed by atoms with van der Waals surface area (Å²) in [7, 11) is 5.47. The maximum absolute atomic E-state index is 5.93. The molecule has 102 valence electrons. The molecule has 2 N–H and O–H groups in total. The fourth-order valence-corrected chi connectivity index (χ4v) is 2.82. The monoisotopic (exact) mass is 244 g/mol. The van der Waals surface area contributed by atoms with E-state index in [1.54, 1.807) is 14.2 Å². The Kier molecular flexibility index (Phi) is 5.86. The summed E-state index contributed by atoms with van der Waals surface area (Å²) in [6.07, 6.45) is 5.15. The summed E-state index contributed by atoms with van der Waals surface area (Å²) in [4.78, 5) is 2.31. The number of nitrogens with zero attached hydrogens (tertiary/aromatic N) is 1. The molecule has 1 aliphatic rings. The van der Waals surface area contributed by atoms with E-state index < -0.39 is 0 Å². The molecule has 4 nitrogen and oxygen atoms in total. The number of rotatable bonds is 7. The number of methoxy groups -OCH3 is 2. The molecular formula is C13H28N2O2. The van der Waals surface area contributed by atoms with Gasteiger partial charge < -0.3 is 15.2 Å². The van der Waals surface area contributed by atoms with Crippen LogP contribution in [0.15, 0.2) is 0 Å². The van der Waals surface area contributed by atoms with Crippen LogP contribution in [-0.2, 0) is 9.47 Å². The van der Waals surface area contributed by atoms with E-state index in [4.69, 9.17) is 15.2 Å². The van der Waals surface area contributed by atoms with Crippen molar-refractivity contribution >= 4 is 0 Å². The van der Waals surface area contributed by atoms with Crippen LogP contribution in [0.4, 0.5) is 0 Å². The first-order chi connectivity index (χ1) is 8.08. The minimum atomic E-state index is -0.279. The Morgan fingerprint density at radius 2 is 1.82 bits per heavy atom. The average molecular weight is 244 g/mol. The molecule has 0 aromatic rings. The molecule has 1 fully saturated rings. The van der Waals surface area contributed by atoms with Crippen molar-refractivity contribution in [3.05, 3.63) is 0 Å². The minimum absolute atomic E-state index is 0.258. The van der Waals surface area contributed by atoms with E-state index in [-0.39, 0.29) is 11.8 Å². The highest BCUT2D eigenvalue weighted by atomic mass is 16.7. The first-order valence-corrected chi connectivity index (χ1v) is 6.55. The molecule has 0 spiro atoms. The third-order valence-corrected chi connectivity index (χ3v) is 4.23. The average Bonchev–Trinajstić information content (AvgIpc) is 2.82. The number of hydrogen-bond donors (Lipinski definition) is 1. The van der Waals surface area contributed by atoms with Crippen molar-refractivity contribution in [2.75, 3.05) is 34.4 Å². The first-order valence-electron chi connectivity index (χ1n) is 6.55. The molecule has 0 aromatic carbocycles. The summed E-state index contributed by atoms with van der Waals surface area (Å²) in [5.74, 6) is 0.806. The molecule has 0 radical (unpaired) electrons. The van der Waals surface area contributed by atoms with E-state index in [2.05, 4.69) is 18.9 Å². The van der Waals surface area contributed by atoms with Crippen LogP contribution in [-0.4, -0.2) is 51.1 Å². The van der Waals surface area contributed by atoms with Crippen LogP contribution in [0.5, 0.6) is 0 Å². The van der Waals surface area contributed by atoms with Gasteiger partial charge in [-0.15, -0.1) is 0 Å². The van der Waals surface area contributed by atoms with Crippen LogP contribution in [0.25, 0.3) is 0 Å². The van der Waals surface area contributed by atoms with Crippen molar-refractivity contribution in [1.29, 1.82) is 0 Å². The highest BCUT2D eigenvalue weighted by molar-refractivity contribution is 4.90. The first kappa shape index (κ1) is 14.9. The second-order valence-corrected chi connectivity index (χ2v) is 5.40. The van der Waals surface area contributed by atoms with Crippen molar-refractivity contribution in [2.45, 2.75) is 44.4 Å². The van der Waals surface area contributed by atoms with Crippen LogP contribution in [0.1, 0.15) is 32.6 Å². The van der Waals surface area contributed by atoms with Crippen LogP contribution in [0.2, 0.25) is 0 Å². The summed E-state index contributed by atoms with van der Waals surface area (Å²) in [5.41, 5.74) is 5.67. The zero-order valence-corrected chi connectivity index (χ0v) is 11.7. The topological polar surface area (TPSA) is 47.7 Å². The normalized spacial score (nSPS) is 21.4. The van der Waals surface area contributed by atoms with Gasteiger partial charge in [-0.2, -0.15) is 0 Å². The summed E-state index contributed by atoms with van der Waals surface area (Å²) in [6, 6.07) is 0. The van der Waals surface area contributed by atoms with Gasteiger partial charge in [0.2, 0.25) is 0 Å². The van der Waals surface area contributed by atoms with E-state index in [1.165, 1.54) is 25.7 Å². The number of hydrogen-bond acceptors (Lipinski definition) is 4. The predicted octanol–water partition coefficient (Wildman–Crippen LogP) is 1.44. The van der Waals surface area contributed by atoms with Gasteiger partial charge in [0.05, 0.1) is 5.54 Å². The number of nitrogens with two attached hydrogens (primary N) is 1. The molecule has 1 aliphatic carbocycles. The SMILES string of the molecule is COC(OC)C(C)(CN)N(C)CC1CCCC1. The highest BCUT2D eigenvalue weighted by Crippen LogP contribution is 2.28. The summed E-state index contributed by atoms with van der Waals surface area (Å²) in [5, 5.41) is 0. The minimum Gasteiger partial charge on any atom is -0.354 e. The molecule has 1 unspecified atom stereocenters. The maximum atomic E-state index is 5.93. The third-order valence-electron chi connectivity index (χ3n) is 4.23. The molecule has 17 heavy (non-hydrogen) atoms. The molecule has 1 rings (SSSR count). The highest BCUT2D eigenvalue weighted by Gasteiger charge is 2.38. The Morgan fingerprint density at radius 1 is 1.29 bits per heavy atom. The fraction of sp³-hybridized carbons (Fsp3) is 1.00. The van der Waals surface area contributed by atoms with Gasteiger partial charge in [-0.25, -0.2) is 0 Å². The molecule has 0 heterocycles. The van der Waals surface area contributed by atoms with Crippen molar-refractivity contribution in [3.63, 3.8) is 0 Å². The van der Waals surface area contributed by atoms with Crippen molar-refractivity contribution in [3.8, 4) is 0 Å². The summed E-state index contributed by atoms with van der Waals surface area (Å²) >= 11 is 0. The molecule has 0 aromatic heterocycles. The van der Waals surface area contributed by atoms with Gasteiger partial charge in [0.25, 0.3) is 0 Å². The maximum Gasteiger partial charge on any atom is 0.176 e. The summed E-state index contributed by atoms with van der Waals surface area (Å²) < 4.78 is 10.8. The molecule has 0 aliphatic heterocycles. The fourth-order valence-electron chi connectivity index (χ4n) is 2.82. The Bertz CT molecular complexity index is 215. The molecule has 0 bridgehead atoms. The lowest BCUT2D eigenvalue weighted by Crippen LogP contribution is -2.59. The van der Waals surface area contributed by atoms with Gasteiger partial charge in [-0.3, -0.25) is 4.90 Å². The molecule has 4 heteroatoms. The van der Waals surface area contributed by atoms with Crippen molar-refractivity contribution in [2.24, 2.45) is 11.7 Å². The second kappa shape index (κ2) is 6.69. The van der Waals surface area contributed by atoms with Gasteiger partial charge in [-0.1, -0.05) is 12.8 Å². The van der Waals surface area contributed by atoms with Crippen LogP contribution in [0.3, 0.4) is 0 Å². The van der Waals surface area contributed by atoms with Gasteiger partial charge in [0, 0.05) is 27.3 Å². The molecule has 1 saturated carbocycles. The van der Waals surface area contributed by atoms with E-state index in [0.717, 1.165) is 12.5 Å². The lowest BCUT2D eigenvalue weighted by molar-refractivity contribution is -0.178. The van der Waals surface area contributed by atoms with Gasteiger partial charge >= 0.3 is 0 Å². The lowest BCUT2D eigenvalue weighted by atomic mass is 9.97. The largest absolute Gasteiger partial charge is 0.354 e. The van der Waals surface area contributed by atoms with Crippen LogP contribution >= 0.6 is 0 Å². The standard InChI is InChI=1S/C13H28N2O2/c1-13(10-14,12(16-3)17-4)15(2)9-11-7-5-6-8-11/h11-12H,5-10,14H2,1-4H3. The quantitative estimate of drug-likeness (QED) is 0.689. The second-order valence-electron chi connectivity index (χ2n) is 5.40. The Morgan fingerprint density at radius 3 is 2.24 bits per heavy atom. The van der Waals surface area contributed by atoms with E-state index in [1.807, 2.05) is 0 Å². The molecular weight excluding hydrogens is 216 g/mol.